The Balaban J connectivity index is 2.25. The van der Waals surface area contributed by atoms with E-state index in [0.717, 1.165) is 23.1 Å². The smallest absolute Gasteiger partial charge is 0.0805 e. The van der Waals surface area contributed by atoms with Crippen molar-refractivity contribution in [2.75, 3.05) is 18.0 Å². The van der Waals surface area contributed by atoms with E-state index < -0.39 is 0 Å². The molecule has 100 valence electrons. The molecule has 0 amide bonds. The minimum absolute atomic E-state index is 0.107. The van der Waals surface area contributed by atoms with E-state index in [1.807, 2.05) is 0 Å². The monoisotopic (exact) mass is 312 g/mol. The summed E-state index contributed by atoms with van der Waals surface area (Å²) in [6, 6.07) is 6.33. The van der Waals surface area contributed by atoms with Crippen LogP contribution >= 0.6 is 15.9 Å². The largest absolute Gasteiger partial charge is 0.369 e. The molecule has 0 radical (unpaired) electrons. The molecule has 0 aliphatic carbocycles. The van der Waals surface area contributed by atoms with Gasteiger partial charge in [-0.2, -0.15) is 0 Å². The highest BCUT2D eigenvalue weighted by atomic mass is 79.9. The van der Waals surface area contributed by atoms with Crippen LogP contribution in [0.2, 0.25) is 0 Å². The molecular formula is C14H21BrN2O. The molecule has 18 heavy (non-hydrogen) atoms. The molecule has 0 aromatic heterocycles. The number of nitrogens with two attached hydrogens (primary N) is 1. The second kappa shape index (κ2) is 5.19. The average molecular weight is 313 g/mol. The first kappa shape index (κ1) is 13.8. The second-order valence-electron chi connectivity index (χ2n) is 5.56. The summed E-state index contributed by atoms with van der Waals surface area (Å²) < 4.78 is 7.04. The molecule has 1 fully saturated rings. The van der Waals surface area contributed by atoms with Crippen molar-refractivity contribution in [1.82, 2.24) is 0 Å². The van der Waals surface area contributed by atoms with E-state index in [0.29, 0.717) is 6.54 Å². The third kappa shape index (κ3) is 3.05. The van der Waals surface area contributed by atoms with E-state index in [4.69, 9.17) is 10.5 Å². The summed E-state index contributed by atoms with van der Waals surface area (Å²) in [6.07, 6.45) is 0.245. The number of morpholine rings is 1. The van der Waals surface area contributed by atoms with Gasteiger partial charge in [-0.25, -0.2) is 0 Å². The Morgan fingerprint density at radius 1 is 1.50 bits per heavy atom. The lowest BCUT2D eigenvalue weighted by molar-refractivity contribution is -0.0750. The molecule has 1 heterocycles. The molecule has 0 bridgehead atoms. The van der Waals surface area contributed by atoms with Crippen LogP contribution in [0, 0.1) is 0 Å². The topological polar surface area (TPSA) is 38.5 Å². The first-order valence-corrected chi connectivity index (χ1v) is 7.12. The van der Waals surface area contributed by atoms with Crippen LogP contribution in [0.5, 0.6) is 0 Å². The maximum atomic E-state index is 5.93. The van der Waals surface area contributed by atoms with Gasteiger partial charge in [0.15, 0.2) is 0 Å². The summed E-state index contributed by atoms with van der Waals surface area (Å²) in [7, 11) is 0. The van der Waals surface area contributed by atoms with Gasteiger partial charge in [-0.05, 0) is 54.4 Å². The molecule has 1 aromatic rings. The molecule has 1 aromatic carbocycles. The van der Waals surface area contributed by atoms with Gasteiger partial charge in [0, 0.05) is 24.1 Å². The van der Waals surface area contributed by atoms with Crippen molar-refractivity contribution in [1.29, 1.82) is 0 Å². The minimum Gasteiger partial charge on any atom is -0.369 e. The highest BCUT2D eigenvalue weighted by Crippen LogP contribution is 2.32. The fourth-order valence-corrected chi connectivity index (χ4v) is 3.25. The van der Waals surface area contributed by atoms with Gasteiger partial charge in [-0.3, -0.25) is 0 Å². The third-order valence-corrected chi connectivity index (χ3v) is 3.79. The number of anilines is 1. The van der Waals surface area contributed by atoms with Crippen LogP contribution in [0.25, 0.3) is 0 Å². The van der Waals surface area contributed by atoms with E-state index in [2.05, 4.69) is 59.8 Å². The van der Waals surface area contributed by atoms with Crippen molar-refractivity contribution in [3.63, 3.8) is 0 Å². The molecule has 0 spiro atoms. The van der Waals surface area contributed by atoms with Gasteiger partial charge < -0.3 is 15.4 Å². The molecule has 2 N–H and O–H groups in total. The van der Waals surface area contributed by atoms with Crippen molar-refractivity contribution in [3.05, 3.63) is 28.2 Å². The first-order chi connectivity index (χ1) is 8.41. The zero-order valence-electron chi connectivity index (χ0n) is 11.2. The first-order valence-electron chi connectivity index (χ1n) is 6.32. The zero-order valence-corrected chi connectivity index (χ0v) is 12.8. The van der Waals surface area contributed by atoms with E-state index in [1.165, 1.54) is 5.69 Å². The Hall–Kier alpha value is -0.580. The van der Waals surface area contributed by atoms with Crippen LogP contribution in [0.3, 0.4) is 0 Å². The van der Waals surface area contributed by atoms with Crippen LogP contribution in [0.15, 0.2) is 22.7 Å². The molecule has 1 unspecified atom stereocenters. The number of rotatable bonds is 2. The van der Waals surface area contributed by atoms with E-state index in [9.17, 15) is 0 Å². The van der Waals surface area contributed by atoms with Crippen molar-refractivity contribution >= 4 is 21.6 Å². The summed E-state index contributed by atoms with van der Waals surface area (Å²) >= 11 is 3.64. The van der Waals surface area contributed by atoms with Gasteiger partial charge in [0.05, 0.1) is 17.4 Å². The Morgan fingerprint density at radius 2 is 2.22 bits per heavy atom. The number of benzene rings is 1. The Kier molecular flexibility index (Phi) is 3.99. The van der Waals surface area contributed by atoms with Crippen LogP contribution < -0.4 is 10.6 Å². The number of nitrogens with zero attached hydrogens (tertiary/aromatic N) is 1. The Labute approximate surface area is 117 Å². The molecular weight excluding hydrogens is 292 g/mol. The normalized spacial score (nSPS) is 23.2. The Bertz CT molecular complexity index is 434. The van der Waals surface area contributed by atoms with Crippen LogP contribution in [-0.4, -0.2) is 24.8 Å². The number of ether oxygens (including phenoxy) is 1. The van der Waals surface area contributed by atoms with Crippen molar-refractivity contribution in [2.24, 2.45) is 5.73 Å². The van der Waals surface area contributed by atoms with E-state index in [-0.39, 0.29) is 11.7 Å². The second-order valence-corrected chi connectivity index (χ2v) is 6.41. The number of hydrogen-bond acceptors (Lipinski definition) is 3. The highest BCUT2D eigenvalue weighted by Gasteiger charge is 2.31. The summed E-state index contributed by atoms with van der Waals surface area (Å²) in [4.78, 5) is 2.37. The summed E-state index contributed by atoms with van der Waals surface area (Å²) in [5.74, 6) is 0. The van der Waals surface area contributed by atoms with Gasteiger partial charge >= 0.3 is 0 Å². The molecule has 0 saturated carbocycles. The fourth-order valence-electron chi connectivity index (χ4n) is 2.57. The lowest BCUT2D eigenvalue weighted by Gasteiger charge is -2.43. The standard InChI is InChI=1S/C14H21BrN2O/c1-10-8-17(9-14(2,3)18-10)13-5-4-11(7-16)6-12(13)15/h4-6,10H,7-9,16H2,1-3H3. The van der Waals surface area contributed by atoms with Crippen molar-refractivity contribution in [2.45, 2.75) is 39.0 Å². The third-order valence-electron chi connectivity index (χ3n) is 3.16. The summed E-state index contributed by atoms with van der Waals surface area (Å²) in [6.45, 7) is 8.79. The van der Waals surface area contributed by atoms with Crippen molar-refractivity contribution in [3.8, 4) is 0 Å². The fraction of sp³-hybridized carbons (Fsp3) is 0.571. The molecule has 1 aliphatic rings. The predicted molar refractivity (Wildman–Crippen MR) is 78.9 cm³/mol. The van der Waals surface area contributed by atoms with E-state index in [1.54, 1.807) is 0 Å². The summed E-state index contributed by atoms with van der Waals surface area (Å²) in [5.41, 5.74) is 7.91. The molecule has 2 rings (SSSR count). The van der Waals surface area contributed by atoms with Gasteiger partial charge in [0.2, 0.25) is 0 Å². The zero-order chi connectivity index (χ0) is 13.3. The van der Waals surface area contributed by atoms with Gasteiger partial charge in [-0.1, -0.05) is 6.07 Å². The predicted octanol–water partition coefficient (Wildman–Crippen LogP) is 2.91. The highest BCUT2D eigenvalue weighted by molar-refractivity contribution is 9.10. The molecule has 1 saturated heterocycles. The van der Waals surface area contributed by atoms with E-state index >= 15 is 0 Å². The molecule has 1 aliphatic heterocycles. The maximum absolute atomic E-state index is 5.93. The van der Waals surface area contributed by atoms with Crippen molar-refractivity contribution < 1.29 is 4.74 Å². The van der Waals surface area contributed by atoms with Crippen LogP contribution in [0.4, 0.5) is 5.69 Å². The quantitative estimate of drug-likeness (QED) is 0.912. The van der Waals surface area contributed by atoms with Gasteiger partial charge in [0.25, 0.3) is 0 Å². The molecule has 1 atom stereocenters. The van der Waals surface area contributed by atoms with Gasteiger partial charge in [-0.15, -0.1) is 0 Å². The molecule has 3 nitrogen and oxygen atoms in total. The lowest BCUT2D eigenvalue weighted by Crippen LogP contribution is -2.52. The summed E-state index contributed by atoms with van der Waals surface area (Å²) in [5, 5.41) is 0. The average Bonchev–Trinajstić information content (AvgIpc) is 2.25. The van der Waals surface area contributed by atoms with Gasteiger partial charge in [0.1, 0.15) is 0 Å². The van der Waals surface area contributed by atoms with Crippen LogP contribution in [-0.2, 0) is 11.3 Å². The maximum Gasteiger partial charge on any atom is 0.0805 e. The number of halogens is 1. The molecule has 4 heteroatoms. The van der Waals surface area contributed by atoms with Crippen LogP contribution in [0.1, 0.15) is 26.3 Å². The SMILES string of the molecule is CC1CN(c2ccc(CN)cc2Br)CC(C)(C)O1. The lowest BCUT2D eigenvalue weighted by atomic mass is 10.0. The Morgan fingerprint density at radius 3 is 2.78 bits per heavy atom. The minimum atomic E-state index is -0.107. The number of hydrogen-bond donors (Lipinski definition) is 1.